The first kappa shape index (κ1) is 12.8. The molecule has 88 valence electrons. The molecule has 1 aromatic carbocycles. The molecule has 0 amide bonds. The Balaban J connectivity index is 3.64. The molecule has 0 aliphatic carbocycles. The molecule has 0 aliphatic heterocycles. The van der Waals surface area contributed by atoms with Gasteiger partial charge in [0, 0.05) is 12.6 Å². The van der Waals surface area contributed by atoms with Crippen LogP contribution in [0.25, 0.3) is 0 Å². The summed E-state index contributed by atoms with van der Waals surface area (Å²) in [6, 6.07) is 0. The van der Waals surface area contributed by atoms with Crippen LogP contribution in [-0.2, 0) is 4.74 Å². The molecule has 0 N–H and O–H groups in total. The van der Waals surface area contributed by atoms with Gasteiger partial charge in [0.1, 0.15) is 0 Å². The van der Waals surface area contributed by atoms with E-state index >= 15 is 0 Å². The Morgan fingerprint density at radius 1 is 0.812 bits per heavy atom. The van der Waals surface area contributed by atoms with Gasteiger partial charge >= 0.3 is 0 Å². The fourth-order valence-electron chi connectivity index (χ4n) is 2.13. The summed E-state index contributed by atoms with van der Waals surface area (Å²) in [5, 5.41) is 0. The molecule has 0 spiro atoms. The maximum Gasteiger partial charge on any atom is 0.216 e. The molecule has 0 radical (unpaired) electrons. The van der Waals surface area contributed by atoms with E-state index in [9.17, 15) is 0 Å². The molecule has 0 unspecified atom stereocenters. The van der Waals surface area contributed by atoms with E-state index in [2.05, 4.69) is 39.6 Å². The Bertz CT molecular complexity index is 416. The molecular formula is C14H21NO. The fourth-order valence-corrected chi connectivity index (χ4v) is 2.13. The minimum absolute atomic E-state index is 0.723. The molecule has 0 fully saturated rings. The first-order chi connectivity index (χ1) is 7.45. The molecule has 0 saturated heterocycles. The lowest BCUT2D eigenvalue weighted by Crippen LogP contribution is -2.12. The number of benzene rings is 1. The highest BCUT2D eigenvalue weighted by Crippen LogP contribution is 2.26. The highest BCUT2D eigenvalue weighted by molar-refractivity contribution is 5.97. The van der Waals surface area contributed by atoms with Gasteiger partial charge in [0.25, 0.3) is 0 Å². The SMILES string of the molecule is CN=C(OC)c1c(C)c(C)c(C)c(C)c1C. The Labute approximate surface area is 98.4 Å². The van der Waals surface area contributed by atoms with Crippen molar-refractivity contribution >= 4 is 5.90 Å². The van der Waals surface area contributed by atoms with Crippen molar-refractivity contribution in [3.63, 3.8) is 0 Å². The lowest BCUT2D eigenvalue weighted by molar-refractivity contribution is 0.403. The first-order valence-electron chi connectivity index (χ1n) is 5.53. The summed E-state index contributed by atoms with van der Waals surface area (Å²) in [5.74, 6) is 0.723. The zero-order valence-electron chi connectivity index (χ0n) is 11.4. The molecule has 0 heterocycles. The standard InChI is InChI=1S/C14H21NO/c1-8-9(2)11(4)13(12(5)10(8)3)14(15-6)16-7/h1-7H3. The topological polar surface area (TPSA) is 21.6 Å². The number of rotatable bonds is 1. The summed E-state index contributed by atoms with van der Waals surface area (Å²) >= 11 is 0. The third kappa shape index (κ3) is 1.84. The van der Waals surface area contributed by atoms with Crippen LogP contribution in [0.2, 0.25) is 0 Å². The van der Waals surface area contributed by atoms with Crippen LogP contribution in [0.15, 0.2) is 4.99 Å². The van der Waals surface area contributed by atoms with Crippen LogP contribution in [0, 0.1) is 34.6 Å². The Morgan fingerprint density at radius 2 is 1.19 bits per heavy atom. The molecule has 1 aromatic rings. The quantitative estimate of drug-likeness (QED) is 0.525. The number of ether oxygens (including phenoxy) is 1. The largest absolute Gasteiger partial charge is 0.481 e. The van der Waals surface area contributed by atoms with Crippen LogP contribution < -0.4 is 0 Å². The minimum Gasteiger partial charge on any atom is -0.481 e. The number of nitrogens with zero attached hydrogens (tertiary/aromatic N) is 1. The van der Waals surface area contributed by atoms with Crippen LogP contribution in [0.1, 0.15) is 33.4 Å². The van der Waals surface area contributed by atoms with Crippen LogP contribution in [0.4, 0.5) is 0 Å². The highest BCUT2D eigenvalue weighted by atomic mass is 16.5. The molecule has 0 bridgehead atoms. The second kappa shape index (κ2) is 4.69. The smallest absolute Gasteiger partial charge is 0.216 e. The van der Waals surface area contributed by atoms with E-state index in [0.717, 1.165) is 11.5 Å². The van der Waals surface area contributed by atoms with Crippen molar-refractivity contribution in [2.24, 2.45) is 4.99 Å². The predicted octanol–water partition coefficient (Wildman–Crippen LogP) is 3.25. The number of methoxy groups -OCH3 is 1. The summed E-state index contributed by atoms with van der Waals surface area (Å²) in [4.78, 5) is 4.20. The molecular weight excluding hydrogens is 198 g/mol. The molecule has 0 aromatic heterocycles. The van der Waals surface area contributed by atoms with Crippen molar-refractivity contribution in [3.8, 4) is 0 Å². The van der Waals surface area contributed by atoms with E-state index < -0.39 is 0 Å². The van der Waals surface area contributed by atoms with Gasteiger partial charge < -0.3 is 4.74 Å². The minimum atomic E-state index is 0.723. The molecule has 16 heavy (non-hydrogen) atoms. The van der Waals surface area contributed by atoms with Crippen LogP contribution in [0.3, 0.4) is 0 Å². The summed E-state index contributed by atoms with van der Waals surface area (Å²) < 4.78 is 5.35. The Kier molecular flexibility index (Phi) is 3.74. The van der Waals surface area contributed by atoms with Crippen LogP contribution >= 0.6 is 0 Å². The van der Waals surface area contributed by atoms with Crippen LogP contribution in [0.5, 0.6) is 0 Å². The van der Waals surface area contributed by atoms with E-state index in [0.29, 0.717) is 0 Å². The monoisotopic (exact) mass is 219 g/mol. The lowest BCUT2D eigenvalue weighted by Gasteiger charge is -2.18. The molecule has 1 rings (SSSR count). The van der Waals surface area contributed by atoms with Gasteiger partial charge in [-0.15, -0.1) is 0 Å². The Hall–Kier alpha value is -1.31. The van der Waals surface area contributed by atoms with Gasteiger partial charge in [-0.3, -0.25) is 4.99 Å². The number of hydrogen-bond donors (Lipinski definition) is 0. The van der Waals surface area contributed by atoms with Crippen molar-refractivity contribution in [2.45, 2.75) is 34.6 Å². The van der Waals surface area contributed by atoms with Crippen molar-refractivity contribution in [1.82, 2.24) is 0 Å². The third-order valence-corrected chi connectivity index (χ3v) is 3.61. The molecule has 2 heteroatoms. The van der Waals surface area contributed by atoms with Gasteiger partial charge in [0.2, 0.25) is 5.90 Å². The van der Waals surface area contributed by atoms with Crippen LogP contribution in [-0.4, -0.2) is 20.1 Å². The number of aliphatic imine (C=N–C) groups is 1. The van der Waals surface area contributed by atoms with Gasteiger partial charge in [-0.2, -0.15) is 0 Å². The highest BCUT2D eigenvalue weighted by Gasteiger charge is 2.16. The predicted molar refractivity (Wildman–Crippen MR) is 69.6 cm³/mol. The van der Waals surface area contributed by atoms with Crippen molar-refractivity contribution in [3.05, 3.63) is 33.4 Å². The second-order valence-electron chi connectivity index (χ2n) is 4.23. The fraction of sp³-hybridized carbons (Fsp3) is 0.500. The van der Waals surface area contributed by atoms with E-state index in [1.54, 1.807) is 14.2 Å². The summed E-state index contributed by atoms with van der Waals surface area (Å²) in [6.45, 7) is 10.7. The van der Waals surface area contributed by atoms with Crippen molar-refractivity contribution in [2.75, 3.05) is 14.2 Å². The van der Waals surface area contributed by atoms with Crippen molar-refractivity contribution in [1.29, 1.82) is 0 Å². The van der Waals surface area contributed by atoms with Gasteiger partial charge in [-0.05, 0) is 62.4 Å². The summed E-state index contributed by atoms with van der Waals surface area (Å²) in [6.07, 6.45) is 0. The van der Waals surface area contributed by atoms with E-state index in [-0.39, 0.29) is 0 Å². The molecule has 0 aliphatic rings. The average molecular weight is 219 g/mol. The zero-order valence-corrected chi connectivity index (χ0v) is 11.4. The van der Waals surface area contributed by atoms with E-state index in [4.69, 9.17) is 4.74 Å². The number of hydrogen-bond acceptors (Lipinski definition) is 2. The van der Waals surface area contributed by atoms with Gasteiger partial charge in [0.15, 0.2) is 0 Å². The zero-order chi connectivity index (χ0) is 12.5. The maximum atomic E-state index is 5.35. The normalized spacial score (nSPS) is 11.8. The average Bonchev–Trinajstić information content (AvgIpc) is 2.29. The lowest BCUT2D eigenvalue weighted by atomic mass is 9.89. The Morgan fingerprint density at radius 3 is 1.50 bits per heavy atom. The van der Waals surface area contributed by atoms with Crippen molar-refractivity contribution < 1.29 is 4.74 Å². The van der Waals surface area contributed by atoms with E-state index in [1.807, 2.05) is 0 Å². The molecule has 0 atom stereocenters. The second-order valence-corrected chi connectivity index (χ2v) is 4.23. The first-order valence-corrected chi connectivity index (χ1v) is 5.53. The maximum absolute atomic E-state index is 5.35. The van der Waals surface area contributed by atoms with Gasteiger partial charge in [-0.25, -0.2) is 0 Å². The molecule has 2 nitrogen and oxygen atoms in total. The third-order valence-electron chi connectivity index (χ3n) is 3.61. The summed E-state index contributed by atoms with van der Waals surface area (Å²) in [5.41, 5.74) is 7.70. The summed E-state index contributed by atoms with van der Waals surface area (Å²) in [7, 11) is 3.44. The van der Waals surface area contributed by atoms with E-state index in [1.165, 1.54) is 27.8 Å². The molecule has 0 saturated carbocycles. The van der Waals surface area contributed by atoms with Gasteiger partial charge in [0.05, 0.1) is 7.11 Å². The van der Waals surface area contributed by atoms with Gasteiger partial charge in [-0.1, -0.05) is 0 Å².